The molecule has 1 saturated carbocycles. The van der Waals surface area contributed by atoms with Crippen LogP contribution in [-0.4, -0.2) is 25.8 Å². The van der Waals surface area contributed by atoms with Gasteiger partial charge in [-0.2, -0.15) is 10.1 Å². The highest BCUT2D eigenvalue weighted by Crippen LogP contribution is 2.30. The molecule has 0 saturated heterocycles. The molecule has 124 valence electrons. The van der Waals surface area contributed by atoms with Gasteiger partial charge in [0.25, 0.3) is 0 Å². The summed E-state index contributed by atoms with van der Waals surface area (Å²) in [5.74, 6) is 1.47. The maximum absolute atomic E-state index is 12.1. The van der Waals surface area contributed by atoms with Crippen molar-refractivity contribution in [2.45, 2.75) is 58.0 Å². The van der Waals surface area contributed by atoms with Gasteiger partial charge in [0.05, 0.1) is 19.0 Å². The number of hydrogen-bond acceptors (Lipinski definition) is 5. The van der Waals surface area contributed by atoms with Crippen LogP contribution < -0.4 is 5.32 Å². The predicted molar refractivity (Wildman–Crippen MR) is 83.4 cm³/mol. The SMILES string of the molecule is C[C@@H](Cn1cccn1)C(=O)NCc1nc(C2CCCCC2)no1. The minimum atomic E-state index is -0.171. The molecule has 1 fully saturated rings. The number of carbonyl (C=O) groups excluding carboxylic acids is 1. The molecule has 0 aliphatic heterocycles. The minimum absolute atomic E-state index is 0.0436. The number of rotatable bonds is 6. The van der Waals surface area contributed by atoms with Crippen molar-refractivity contribution in [2.75, 3.05) is 0 Å². The zero-order valence-electron chi connectivity index (χ0n) is 13.4. The number of aromatic nitrogens is 4. The third-order valence-corrected chi connectivity index (χ3v) is 4.34. The van der Waals surface area contributed by atoms with E-state index in [4.69, 9.17) is 4.52 Å². The summed E-state index contributed by atoms with van der Waals surface area (Å²) in [7, 11) is 0. The Bertz CT molecular complexity index is 616. The van der Waals surface area contributed by atoms with Crippen molar-refractivity contribution in [3.05, 3.63) is 30.2 Å². The number of amides is 1. The Morgan fingerprint density at radius 2 is 2.26 bits per heavy atom. The van der Waals surface area contributed by atoms with Crippen molar-refractivity contribution in [3.8, 4) is 0 Å². The van der Waals surface area contributed by atoms with E-state index in [1.165, 1.54) is 19.3 Å². The largest absolute Gasteiger partial charge is 0.347 e. The van der Waals surface area contributed by atoms with Gasteiger partial charge in [-0.05, 0) is 18.9 Å². The molecule has 0 spiro atoms. The summed E-state index contributed by atoms with van der Waals surface area (Å²) in [6.45, 7) is 2.70. The first-order valence-corrected chi connectivity index (χ1v) is 8.30. The van der Waals surface area contributed by atoms with Gasteiger partial charge in [0.2, 0.25) is 11.8 Å². The molecule has 0 radical (unpaired) electrons. The van der Waals surface area contributed by atoms with Gasteiger partial charge in [-0.15, -0.1) is 0 Å². The first kappa shape index (κ1) is 15.7. The van der Waals surface area contributed by atoms with Crippen LogP contribution in [0.15, 0.2) is 23.0 Å². The standard InChI is InChI=1S/C16H23N5O2/c1-12(11-21-9-5-8-18-21)16(22)17-10-14-19-15(20-23-14)13-6-3-2-4-7-13/h5,8-9,12-13H,2-4,6-7,10-11H2,1H3,(H,17,22)/t12-/m0/s1. The molecule has 2 heterocycles. The molecular formula is C16H23N5O2. The van der Waals surface area contributed by atoms with Crippen molar-refractivity contribution in [3.63, 3.8) is 0 Å². The fraction of sp³-hybridized carbons (Fsp3) is 0.625. The van der Waals surface area contributed by atoms with Crippen molar-refractivity contribution in [1.29, 1.82) is 0 Å². The van der Waals surface area contributed by atoms with E-state index in [0.717, 1.165) is 18.7 Å². The van der Waals surface area contributed by atoms with Crippen LogP contribution >= 0.6 is 0 Å². The van der Waals surface area contributed by atoms with E-state index in [1.54, 1.807) is 10.9 Å². The fourth-order valence-electron chi connectivity index (χ4n) is 2.98. The lowest BCUT2D eigenvalue weighted by Gasteiger charge is -2.17. The van der Waals surface area contributed by atoms with Crippen LogP contribution in [0.5, 0.6) is 0 Å². The Morgan fingerprint density at radius 1 is 1.43 bits per heavy atom. The Morgan fingerprint density at radius 3 is 3.00 bits per heavy atom. The number of nitrogens with one attached hydrogen (secondary N) is 1. The molecule has 1 aliphatic carbocycles. The Hall–Kier alpha value is -2.18. The first-order valence-electron chi connectivity index (χ1n) is 8.30. The molecule has 1 amide bonds. The summed E-state index contributed by atoms with van der Waals surface area (Å²) < 4.78 is 7.01. The molecule has 1 N–H and O–H groups in total. The Balaban J connectivity index is 1.48. The summed E-state index contributed by atoms with van der Waals surface area (Å²) in [5, 5.41) is 11.0. The molecule has 0 bridgehead atoms. The summed E-state index contributed by atoms with van der Waals surface area (Å²) >= 11 is 0. The van der Waals surface area contributed by atoms with Gasteiger partial charge in [-0.3, -0.25) is 9.48 Å². The van der Waals surface area contributed by atoms with E-state index < -0.39 is 0 Å². The number of nitrogens with zero attached hydrogens (tertiary/aromatic N) is 4. The quantitative estimate of drug-likeness (QED) is 0.883. The van der Waals surface area contributed by atoms with Crippen LogP contribution in [-0.2, 0) is 17.9 Å². The Kier molecular flexibility index (Phi) is 5.05. The normalized spacial score (nSPS) is 17.1. The molecule has 7 heteroatoms. The van der Waals surface area contributed by atoms with Gasteiger partial charge in [0.1, 0.15) is 0 Å². The first-order chi connectivity index (χ1) is 11.2. The van der Waals surface area contributed by atoms with Crippen LogP contribution in [0, 0.1) is 5.92 Å². The third-order valence-electron chi connectivity index (χ3n) is 4.34. The summed E-state index contributed by atoms with van der Waals surface area (Å²) in [6.07, 6.45) is 9.57. The van der Waals surface area contributed by atoms with Crippen molar-refractivity contribution in [1.82, 2.24) is 25.2 Å². The monoisotopic (exact) mass is 317 g/mol. The molecule has 7 nitrogen and oxygen atoms in total. The lowest BCUT2D eigenvalue weighted by Crippen LogP contribution is -2.31. The maximum Gasteiger partial charge on any atom is 0.246 e. The zero-order chi connectivity index (χ0) is 16.1. The molecule has 0 aromatic carbocycles. The molecule has 2 aromatic heterocycles. The fourth-order valence-corrected chi connectivity index (χ4v) is 2.98. The Labute approximate surface area is 135 Å². The van der Waals surface area contributed by atoms with Crippen molar-refractivity contribution < 1.29 is 9.32 Å². The maximum atomic E-state index is 12.1. The van der Waals surface area contributed by atoms with E-state index >= 15 is 0 Å². The highest BCUT2D eigenvalue weighted by Gasteiger charge is 2.21. The number of carbonyl (C=O) groups is 1. The molecule has 23 heavy (non-hydrogen) atoms. The minimum Gasteiger partial charge on any atom is -0.347 e. The van der Waals surface area contributed by atoms with E-state index in [-0.39, 0.29) is 18.4 Å². The lowest BCUT2D eigenvalue weighted by atomic mass is 9.89. The molecule has 2 aromatic rings. The predicted octanol–water partition coefficient (Wildman–Crippen LogP) is 2.27. The number of hydrogen-bond donors (Lipinski definition) is 1. The lowest BCUT2D eigenvalue weighted by molar-refractivity contribution is -0.125. The topological polar surface area (TPSA) is 85.8 Å². The molecule has 1 atom stereocenters. The van der Waals surface area contributed by atoms with Gasteiger partial charge in [-0.25, -0.2) is 0 Å². The highest BCUT2D eigenvalue weighted by atomic mass is 16.5. The van der Waals surface area contributed by atoms with Crippen LogP contribution in [0.4, 0.5) is 0 Å². The summed E-state index contributed by atoms with van der Waals surface area (Å²) in [4.78, 5) is 16.5. The van der Waals surface area contributed by atoms with Crippen LogP contribution in [0.2, 0.25) is 0 Å². The van der Waals surface area contributed by atoms with Crippen LogP contribution in [0.25, 0.3) is 0 Å². The second-order valence-electron chi connectivity index (χ2n) is 6.23. The average Bonchev–Trinajstić information content (AvgIpc) is 3.25. The van der Waals surface area contributed by atoms with Gasteiger partial charge in [-0.1, -0.05) is 31.3 Å². The molecular weight excluding hydrogens is 294 g/mol. The molecule has 3 rings (SSSR count). The van der Waals surface area contributed by atoms with Crippen LogP contribution in [0.1, 0.15) is 56.7 Å². The summed E-state index contributed by atoms with van der Waals surface area (Å²) in [5.41, 5.74) is 0. The average molecular weight is 317 g/mol. The van der Waals surface area contributed by atoms with E-state index in [0.29, 0.717) is 18.4 Å². The van der Waals surface area contributed by atoms with Gasteiger partial charge in [0.15, 0.2) is 5.82 Å². The second kappa shape index (κ2) is 7.39. The van der Waals surface area contributed by atoms with Gasteiger partial charge >= 0.3 is 0 Å². The molecule has 0 unspecified atom stereocenters. The van der Waals surface area contributed by atoms with Gasteiger partial charge in [0, 0.05) is 18.3 Å². The van der Waals surface area contributed by atoms with Crippen molar-refractivity contribution >= 4 is 5.91 Å². The van der Waals surface area contributed by atoms with Gasteiger partial charge < -0.3 is 9.84 Å². The second-order valence-corrected chi connectivity index (χ2v) is 6.23. The smallest absolute Gasteiger partial charge is 0.246 e. The zero-order valence-corrected chi connectivity index (χ0v) is 13.4. The van der Waals surface area contributed by atoms with Crippen LogP contribution in [0.3, 0.4) is 0 Å². The van der Waals surface area contributed by atoms with E-state index in [2.05, 4.69) is 20.6 Å². The van der Waals surface area contributed by atoms with E-state index in [9.17, 15) is 4.79 Å². The molecule has 1 aliphatic rings. The van der Waals surface area contributed by atoms with Crippen molar-refractivity contribution in [2.24, 2.45) is 5.92 Å². The third kappa shape index (κ3) is 4.18. The highest BCUT2D eigenvalue weighted by molar-refractivity contribution is 5.78. The summed E-state index contributed by atoms with van der Waals surface area (Å²) in [6, 6.07) is 1.84. The van der Waals surface area contributed by atoms with E-state index in [1.807, 2.05) is 19.2 Å².